The van der Waals surface area contributed by atoms with E-state index < -0.39 is 17.4 Å². The van der Waals surface area contributed by atoms with Crippen LogP contribution in [0.25, 0.3) is 0 Å². The fourth-order valence-corrected chi connectivity index (χ4v) is 0.471. The first-order valence-corrected chi connectivity index (χ1v) is 4.37. The van der Waals surface area contributed by atoms with Crippen LogP contribution in [-0.2, 0) is 14.3 Å². The van der Waals surface area contributed by atoms with Gasteiger partial charge in [0.05, 0.1) is 6.61 Å². The Morgan fingerprint density at radius 3 is 2.20 bits per heavy atom. The zero-order chi connectivity index (χ0) is 12.3. The van der Waals surface area contributed by atoms with Gasteiger partial charge in [0.15, 0.2) is 0 Å². The number of carbonyl (C=O) groups excluding carboxylic acids is 1. The molecule has 7 nitrogen and oxygen atoms in total. The van der Waals surface area contributed by atoms with Crippen molar-refractivity contribution in [2.45, 2.75) is 26.7 Å². The minimum absolute atomic E-state index is 0.182. The average molecular weight is 221 g/mol. The predicted octanol–water partition coefficient (Wildman–Crippen LogP) is 0.697. The molecule has 0 aliphatic heterocycles. The topological polar surface area (TPSA) is 107 Å². The van der Waals surface area contributed by atoms with Crippen LogP contribution in [0.5, 0.6) is 0 Å². The molecular weight excluding hydrogens is 206 g/mol. The molecule has 0 aliphatic carbocycles. The summed E-state index contributed by atoms with van der Waals surface area (Å²) in [6.07, 6.45) is 2.05. The molecule has 0 saturated heterocycles. The quantitative estimate of drug-likeness (QED) is 0.317. The van der Waals surface area contributed by atoms with Gasteiger partial charge in [0, 0.05) is 11.8 Å². The third-order valence-electron chi connectivity index (χ3n) is 1.07. The number of carbonyl (C=O) groups is 2. The van der Waals surface area contributed by atoms with Gasteiger partial charge < -0.3 is 9.84 Å². The minimum Gasteiger partial charge on any atom is -0.476 e. The SMILES string of the molecule is CCCCOC(C)=O.O=C(O)C[N+](=O)[O-]. The van der Waals surface area contributed by atoms with Crippen molar-refractivity contribution in [2.24, 2.45) is 0 Å². The standard InChI is InChI=1S/C6H12O2.C2H3NO4/c1-3-4-5-8-6(2)7;4-2(5)1-3(6)7/h3-5H2,1-2H3;1H2,(H,4,5). The Hall–Kier alpha value is -1.66. The van der Waals surface area contributed by atoms with E-state index in [4.69, 9.17) is 5.11 Å². The number of nitro groups is 1. The molecule has 0 radical (unpaired) electrons. The lowest BCUT2D eigenvalue weighted by molar-refractivity contribution is -0.469. The van der Waals surface area contributed by atoms with Crippen molar-refractivity contribution < 1.29 is 24.4 Å². The Morgan fingerprint density at radius 1 is 1.47 bits per heavy atom. The first kappa shape index (κ1) is 15.8. The lowest BCUT2D eigenvalue weighted by Gasteiger charge is -1.96. The summed E-state index contributed by atoms with van der Waals surface area (Å²) in [5.41, 5.74) is 0. The van der Waals surface area contributed by atoms with Crippen LogP contribution in [0.3, 0.4) is 0 Å². The number of rotatable bonds is 5. The maximum atomic E-state index is 10.1. The maximum Gasteiger partial charge on any atom is 0.376 e. The van der Waals surface area contributed by atoms with Gasteiger partial charge in [-0.15, -0.1) is 0 Å². The largest absolute Gasteiger partial charge is 0.476 e. The van der Waals surface area contributed by atoms with Crippen molar-refractivity contribution in [2.75, 3.05) is 13.2 Å². The van der Waals surface area contributed by atoms with Crippen LogP contribution in [0.4, 0.5) is 0 Å². The number of carboxylic acids is 1. The molecule has 0 rings (SSSR count). The number of aliphatic carboxylic acids is 1. The molecule has 0 aromatic rings. The van der Waals surface area contributed by atoms with E-state index in [-0.39, 0.29) is 5.97 Å². The Morgan fingerprint density at radius 2 is 2.00 bits per heavy atom. The van der Waals surface area contributed by atoms with E-state index in [2.05, 4.69) is 11.7 Å². The summed E-state index contributed by atoms with van der Waals surface area (Å²) in [4.78, 5) is 27.8. The van der Waals surface area contributed by atoms with Gasteiger partial charge in [0.2, 0.25) is 0 Å². The molecule has 1 N–H and O–H groups in total. The van der Waals surface area contributed by atoms with Crippen LogP contribution in [0, 0.1) is 10.1 Å². The van der Waals surface area contributed by atoms with E-state index in [0.29, 0.717) is 6.61 Å². The number of unbranched alkanes of at least 4 members (excludes halogenated alkanes) is 1. The zero-order valence-corrected chi connectivity index (χ0v) is 8.76. The summed E-state index contributed by atoms with van der Waals surface area (Å²) in [5, 5.41) is 16.9. The molecule has 0 aliphatic rings. The number of carboxylic acid groups (broad SMARTS) is 1. The Bertz CT molecular complexity index is 203. The molecular formula is C8H15NO6. The van der Waals surface area contributed by atoms with Gasteiger partial charge in [-0.05, 0) is 6.42 Å². The second kappa shape index (κ2) is 10.4. The Kier molecular flexibility index (Phi) is 11.0. The van der Waals surface area contributed by atoms with Crippen molar-refractivity contribution in [3.05, 3.63) is 10.1 Å². The summed E-state index contributed by atoms with van der Waals surface area (Å²) >= 11 is 0. The van der Waals surface area contributed by atoms with E-state index in [1.54, 1.807) is 0 Å². The second-order valence-corrected chi connectivity index (χ2v) is 2.58. The van der Waals surface area contributed by atoms with Crippen LogP contribution >= 0.6 is 0 Å². The summed E-state index contributed by atoms with van der Waals surface area (Å²) in [5.74, 6) is -1.59. The molecule has 88 valence electrons. The van der Waals surface area contributed by atoms with Crippen molar-refractivity contribution >= 4 is 11.9 Å². The number of nitrogens with zero attached hydrogens (tertiary/aromatic N) is 1. The van der Waals surface area contributed by atoms with Gasteiger partial charge in [-0.1, -0.05) is 13.3 Å². The fraction of sp³-hybridized carbons (Fsp3) is 0.750. The van der Waals surface area contributed by atoms with Gasteiger partial charge in [-0.25, -0.2) is 4.79 Å². The predicted molar refractivity (Wildman–Crippen MR) is 51.0 cm³/mol. The average Bonchev–Trinajstić information content (AvgIpc) is 2.02. The third-order valence-corrected chi connectivity index (χ3v) is 1.07. The first-order valence-electron chi connectivity index (χ1n) is 4.37. The number of esters is 1. The van der Waals surface area contributed by atoms with Crippen molar-refractivity contribution in [1.29, 1.82) is 0 Å². The summed E-state index contributed by atoms with van der Waals surface area (Å²) in [6, 6.07) is 0. The van der Waals surface area contributed by atoms with E-state index in [1.165, 1.54) is 6.92 Å². The van der Waals surface area contributed by atoms with Gasteiger partial charge in [-0.2, -0.15) is 0 Å². The number of hydrogen-bond acceptors (Lipinski definition) is 5. The lowest BCUT2D eigenvalue weighted by atomic mass is 10.4. The maximum absolute atomic E-state index is 10.1. The summed E-state index contributed by atoms with van der Waals surface area (Å²) in [6.45, 7) is 3.06. The molecule has 0 atom stereocenters. The highest BCUT2D eigenvalue weighted by molar-refractivity contribution is 5.67. The third kappa shape index (κ3) is 24.5. The van der Waals surface area contributed by atoms with Crippen LogP contribution in [-0.4, -0.2) is 35.1 Å². The van der Waals surface area contributed by atoms with Gasteiger partial charge in [0.1, 0.15) is 0 Å². The highest BCUT2D eigenvalue weighted by Crippen LogP contribution is 1.86. The molecule has 7 heteroatoms. The van der Waals surface area contributed by atoms with Crippen molar-refractivity contribution in [3.63, 3.8) is 0 Å². The molecule has 0 bridgehead atoms. The lowest BCUT2D eigenvalue weighted by Crippen LogP contribution is -2.11. The van der Waals surface area contributed by atoms with E-state index >= 15 is 0 Å². The zero-order valence-electron chi connectivity index (χ0n) is 8.76. The van der Waals surface area contributed by atoms with Crippen LogP contribution in [0.15, 0.2) is 0 Å². The minimum atomic E-state index is -1.41. The molecule has 0 aromatic carbocycles. The highest BCUT2D eigenvalue weighted by atomic mass is 16.6. The normalized spacial score (nSPS) is 8.40. The monoisotopic (exact) mass is 221 g/mol. The molecule has 0 unspecified atom stereocenters. The van der Waals surface area contributed by atoms with E-state index in [9.17, 15) is 19.7 Å². The van der Waals surface area contributed by atoms with E-state index in [0.717, 1.165) is 12.8 Å². The molecule has 0 heterocycles. The molecule has 0 amide bonds. The molecule has 0 spiro atoms. The smallest absolute Gasteiger partial charge is 0.376 e. The second-order valence-electron chi connectivity index (χ2n) is 2.58. The molecule has 15 heavy (non-hydrogen) atoms. The molecule has 0 saturated carbocycles. The fourth-order valence-electron chi connectivity index (χ4n) is 0.471. The van der Waals surface area contributed by atoms with Gasteiger partial charge in [0.25, 0.3) is 6.54 Å². The van der Waals surface area contributed by atoms with Crippen LogP contribution in [0.1, 0.15) is 26.7 Å². The van der Waals surface area contributed by atoms with E-state index in [1.807, 2.05) is 0 Å². The Labute approximate surface area is 87.2 Å². The first-order chi connectivity index (χ1) is 6.90. The molecule has 0 aromatic heterocycles. The van der Waals surface area contributed by atoms with Gasteiger partial charge in [-0.3, -0.25) is 14.9 Å². The van der Waals surface area contributed by atoms with Crippen molar-refractivity contribution in [3.8, 4) is 0 Å². The summed E-state index contributed by atoms with van der Waals surface area (Å²) < 4.78 is 4.64. The van der Waals surface area contributed by atoms with Gasteiger partial charge >= 0.3 is 11.9 Å². The molecule has 0 fully saturated rings. The van der Waals surface area contributed by atoms with Crippen LogP contribution < -0.4 is 0 Å². The van der Waals surface area contributed by atoms with Crippen LogP contribution in [0.2, 0.25) is 0 Å². The highest BCUT2D eigenvalue weighted by Gasteiger charge is 2.03. The summed E-state index contributed by atoms with van der Waals surface area (Å²) in [7, 11) is 0. The van der Waals surface area contributed by atoms with Crippen molar-refractivity contribution in [1.82, 2.24) is 0 Å². The number of ether oxygens (including phenoxy) is 1. The Balaban J connectivity index is 0. The number of hydrogen-bond donors (Lipinski definition) is 1.